The minimum atomic E-state index is 0.427. The van der Waals surface area contributed by atoms with Gasteiger partial charge in [-0.15, -0.1) is 0 Å². The van der Waals surface area contributed by atoms with E-state index < -0.39 is 0 Å². The van der Waals surface area contributed by atoms with Crippen LogP contribution in [0.3, 0.4) is 0 Å². The van der Waals surface area contributed by atoms with Crippen molar-refractivity contribution in [1.29, 1.82) is 0 Å². The maximum atomic E-state index is 2.45. The summed E-state index contributed by atoms with van der Waals surface area (Å²) in [6.07, 6.45) is 4.88. The molecular weight excluding hydrogens is 266 g/mol. The van der Waals surface area contributed by atoms with E-state index in [1.807, 2.05) is 0 Å². The molecule has 0 spiro atoms. The minimum absolute atomic E-state index is 0.427. The highest BCUT2D eigenvalue weighted by atomic mass is 15.2. The molecular formula is C21H17N. The van der Waals surface area contributed by atoms with E-state index in [0.29, 0.717) is 12.0 Å². The Kier molecular flexibility index (Phi) is 2.32. The molecule has 3 aromatic carbocycles. The van der Waals surface area contributed by atoms with E-state index in [4.69, 9.17) is 0 Å². The predicted molar refractivity (Wildman–Crippen MR) is 93.5 cm³/mol. The summed E-state index contributed by atoms with van der Waals surface area (Å²) in [5, 5.41) is 5.44. The van der Waals surface area contributed by atoms with Crippen molar-refractivity contribution in [2.24, 2.45) is 0 Å². The van der Waals surface area contributed by atoms with Crippen LogP contribution < -0.4 is 15.3 Å². The molecule has 1 heteroatoms. The summed E-state index contributed by atoms with van der Waals surface area (Å²) >= 11 is 0. The number of anilines is 1. The maximum Gasteiger partial charge on any atom is 0.0583 e. The Balaban J connectivity index is 1.86. The van der Waals surface area contributed by atoms with Gasteiger partial charge in [0.15, 0.2) is 0 Å². The van der Waals surface area contributed by atoms with Gasteiger partial charge in [0, 0.05) is 18.7 Å². The summed E-state index contributed by atoms with van der Waals surface area (Å²) in [4.78, 5) is 2.43. The van der Waals surface area contributed by atoms with E-state index in [1.54, 1.807) is 0 Å². The number of nitrogens with zero attached hydrogens (tertiary/aromatic N) is 1. The zero-order valence-electron chi connectivity index (χ0n) is 12.5. The number of hydrogen-bond donors (Lipinski definition) is 0. The zero-order chi connectivity index (χ0) is 14.7. The molecule has 0 radical (unpaired) electrons. The van der Waals surface area contributed by atoms with E-state index in [2.05, 4.69) is 84.8 Å². The van der Waals surface area contributed by atoms with Crippen LogP contribution in [0, 0.1) is 0 Å². The second-order valence-electron chi connectivity index (χ2n) is 6.31. The second kappa shape index (κ2) is 4.23. The van der Waals surface area contributed by atoms with Gasteiger partial charge in [0.25, 0.3) is 0 Å². The van der Waals surface area contributed by atoms with Crippen LogP contribution in [-0.4, -0.2) is 13.1 Å². The lowest BCUT2D eigenvalue weighted by molar-refractivity contribution is 0.779. The molecule has 0 N–H and O–H groups in total. The summed E-state index contributed by atoms with van der Waals surface area (Å²) in [5.41, 5.74) is 2.85. The average molecular weight is 283 g/mol. The Labute approximate surface area is 129 Å². The lowest BCUT2D eigenvalue weighted by Gasteiger charge is -2.24. The van der Waals surface area contributed by atoms with Crippen molar-refractivity contribution >= 4 is 28.6 Å². The third-order valence-electron chi connectivity index (χ3n) is 5.18. The average Bonchev–Trinajstić information content (AvgIpc) is 2.85. The van der Waals surface area contributed by atoms with Crippen molar-refractivity contribution in [2.75, 3.05) is 11.9 Å². The summed E-state index contributed by atoms with van der Waals surface area (Å²) in [7, 11) is 2.22. The molecule has 2 unspecified atom stereocenters. The zero-order valence-corrected chi connectivity index (χ0v) is 12.5. The van der Waals surface area contributed by atoms with Gasteiger partial charge < -0.3 is 4.90 Å². The Morgan fingerprint density at radius 3 is 2.36 bits per heavy atom. The van der Waals surface area contributed by atoms with Gasteiger partial charge in [-0.05, 0) is 32.8 Å². The van der Waals surface area contributed by atoms with Gasteiger partial charge in [0.2, 0.25) is 0 Å². The highest BCUT2D eigenvalue weighted by Crippen LogP contribution is 2.45. The molecule has 3 aromatic rings. The summed E-state index contributed by atoms with van der Waals surface area (Å²) < 4.78 is 0. The molecule has 1 nitrogen and oxygen atoms in total. The number of likely N-dealkylation sites (N-methyl/N-ethyl adjacent to an activating group) is 1. The third kappa shape index (κ3) is 1.48. The molecule has 0 saturated carbocycles. The highest BCUT2D eigenvalue weighted by Gasteiger charge is 2.35. The van der Waals surface area contributed by atoms with Gasteiger partial charge >= 0.3 is 0 Å². The number of rotatable bonds is 0. The Morgan fingerprint density at radius 1 is 0.773 bits per heavy atom. The predicted octanol–water partition coefficient (Wildman–Crippen LogP) is 3.02. The first-order chi connectivity index (χ1) is 10.8. The molecule has 2 atom stereocenters. The first-order valence-corrected chi connectivity index (χ1v) is 7.86. The van der Waals surface area contributed by atoms with Crippen LogP contribution in [0.15, 0.2) is 60.7 Å². The molecule has 1 aliphatic carbocycles. The van der Waals surface area contributed by atoms with Crippen LogP contribution >= 0.6 is 0 Å². The van der Waals surface area contributed by atoms with Gasteiger partial charge in [-0.2, -0.15) is 0 Å². The van der Waals surface area contributed by atoms with Crippen LogP contribution in [0.4, 0.5) is 5.69 Å². The van der Waals surface area contributed by atoms with Gasteiger partial charge in [-0.3, -0.25) is 0 Å². The second-order valence-corrected chi connectivity index (χ2v) is 6.31. The van der Waals surface area contributed by atoms with Crippen LogP contribution in [0.25, 0.3) is 22.9 Å². The topological polar surface area (TPSA) is 3.24 Å². The summed E-state index contributed by atoms with van der Waals surface area (Å²) in [5.74, 6) is 0.445. The monoisotopic (exact) mass is 283 g/mol. The minimum Gasteiger partial charge on any atom is -0.367 e. The lowest BCUT2D eigenvalue weighted by Crippen LogP contribution is -2.38. The fourth-order valence-corrected chi connectivity index (χ4v) is 4.10. The first kappa shape index (κ1) is 12.0. The van der Waals surface area contributed by atoms with Gasteiger partial charge in [0.05, 0.1) is 6.04 Å². The van der Waals surface area contributed by atoms with Crippen LogP contribution in [0.5, 0.6) is 0 Å². The van der Waals surface area contributed by atoms with Gasteiger partial charge in [-0.25, -0.2) is 0 Å². The molecule has 1 heterocycles. The van der Waals surface area contributed by atoms with Crippen molar-refractivity contribution in [3.05, 3.63) is 76.7 Å². The van der Waals surface area contributed by atoms with E-state index in [0.717, 1.165) is 0 Å². The molecule has 5 rings (SSSR count). The molecule has 0 fully saturated rings. The molecule has 1 aliphatic heterocycles. The molecule has 0 aromatic heterocycles. The SMILES string of the molecule is CN1c2ccc3ccccc3c2C2C=c3ccccc3=CC21. The van der Waals surface area contributed by atoms with E-state index >= 15 is 0 Å². The molecule has 0 amide bonds. The van der Waals surface area contributed by atoms with E-state index in [1.165, 1.54) is 32.5 Å². The molecule has 22 heavy (non-hydrogen) atoms. The fraction of sp³-hybridized carbons (Fsp3) is 0.143. The largest absolute Gasteiger partial charge is 0.367 e. The smallest absolute Gasteiger partial charge is 0.0583 e. The van der Waals surface area contributed by atoms with Crippen LogP contribution in [-0.2, 0) is 0 Å². The van der Waals surface area contributed by atoms with E-state index in [-0.39, 0.29) is 0 Å². The standard InChI is InChI=1S/C21H17N/c1-22-19-11-10-14-6-4-5-9-17(14)21(19)18-12-15-7-2-3-8-16(15)13-20(18)22/h2-13,18,20H,1H3. The van der Waals surface area contributed by atoms with Gasteiger partial charge in [0.1, 0.15) is 0 Å². The van der Waals surface area contributed by atoms with Crippen molar-refractivity contribution in [3.63, 3.8) is 0 Å². The third-order valence-corrected chi connectivity index (χ3v) is 5.18. The normalized spacial score (nSPS) is 21.6. The number of fused-ring (bicyclic) bond motifs is 6. The number of benzene rings is 3. The number of hydrogen-bond acceptors (Lipinski definition) is 1. The molecule has 0 saturated heterocycles. The Hall–Kier alpha value is -2.54. The first-order valence-electron chi connectivity index (χ1n) is 7.86. The molecule has 106 valence electrons. The lowest BCUT2D eigenvalue weighted by atomic mass is 9.87. The molecule has 0 bridgehead atoms. The van der Waals surface area contributed by atoms with Crippen molar-refractivity contribution in [3.8, 4) is 0 Å². The maximum absolute atomic E-state index is 2.45. The van der Waals surface area contributed by atoms with Crippen LogP contribution in [0.2, 0.25) is 0 Å². The fourth-order valence-electron chi connectivity index (χ4n) is 4.10. The van der Waals surface area contributed by atoms with E-state index in [9.17, 15) is 0 Å². The van der Waals surface area contributed by atoms with Crippen molar-refractivity contribution in [1.82, 2.24) is 0 Å². The van der Waals surface area contributed by atoms with Crippen molar-refractivity contribution < 1.29 is 0 Å². The molecule has 2 aliphatic rings. The van der Waals surface area contributed by atoms with Crippen molar-refractivity contribution in [2.45, 2.75) is 12.0 Å². The van der Waals surface area contributed by atoms with Gasteiger partial charge in [-0.1, -0.05) is 66.7 Å². The Bertz CT molecular complexity index is 1020. The van der Waals surface area contributed by atoms with Crippen LogP contribution in [0.1, 0.15) is 11.5 Å². The quantitative estimate of drug-likeness (QED) is 0.613. The summed E-state index contributed by atoms with van der Waals surface area (Å²) in [6, 6.07) is 22.4. The highest BCUT2D eigenvalue weighted by molar-refractivity contribution is 5.94. The Morgan fingerprint density at radius 2 is 1.50 bits per heavy atom. The summed E-state index contributed by atoms with van der Waals surface area (Å²) in [6.45, 7) is 0.